The molecule has 4 rings (SSSR count). The summed E-state index contributed by atoms with van der Waals surface area (Å²) in [4.78, 5) is 55.9. The van der Waals surface area contributed by atoms with Gasteiger partial charge in [0.1, 0.15) is 17.4 Å². The molecule has 14 heteroatoms. The summed E-state index contributed by atoms with van der Waals surface area (Å²) in [6.07, 6.45) is 2.06. The number of aryl methyl sites for hydroxylation is 1. The van der Waals surface area contributed by atoms with E-state index >= 15 is 0 Å². The lowest BCUT2D eigenvalue weighted by Gasteiger charge is -2.23. The summed E-state index contributed by atoms with van der Waals surface area (Å²) in [6, 6.07) is 16.2. The van der Waals surface area contributed by atoms with Crippen molar-refractivity contribution in [2.75, 3.05) is 17.7 Å². The van der Waals surface area contributed by atoms with Gasteiger partial charge in [-0.1, -0.05) is 71.0 Å². The minimum Gasteiger partial charge on any atom is -0.481 e. The fraction of sp³-hybridized carbons (Fsp3) is 0.300. The van der Waals surface area contributed by atoms with Crippen molar-refractivity contribution < 1.29 is 28.9 Å². The Labute approximate surface area is 257 Å². The van der Waals surface area contributed by atoms with Gasteiger partial charge < -0.3 is 20.5 Å². The monoisotopic (exact) mass is 620 g/mol. The number of nitrogens with one attached hydrogen (secondary N) is 2. The third-order valence-corrected chi connectivity index (χ3v) is 7.53. The molecule has 0 bridgehead atoms. The zero-order chi connectivity index (χ0) is 31.3. The largest absolute Gasteiger partial charge is 0.481 e. The highest BCUT2D eigenvalue weighted by Gasteiger charge is 2.29. The molecule has 13 nitrogen and oxygen atoms in total. The van der Waals surface area contributed by atoms with Crippen LogP contribution in [0.5, 0.6) is 0 Å². The zero-order valence-corrected chi connectivity index (χ0v) is 24.7. The lowest BCUT2D eigenvalue weighted by Crippen LogP contribution is -2.48. The van der Waals surface area contributed by atoms with E-state index in [-0.39, 0.29) is 31.3 Å². The molecule has 0 aliphatic heterocycles. The van der Waals surface area contributed by atoms with Crippen molar-refractivity contribution >= 4 is 35.2 Å². The Balaban J connectivity index is 1.51. The van der Waals surface area contributed by atoms with Crippen LogP contribution in [0.3, 0.4) is 0 Å². The molecule has 2 aromatic heterocycles. The molecule has 1 unspecified atom stereocenters. The summed E-state index contributed by atoms with van der Waals surface area (Å²) in [7, 11) is 0. The normalized spacial score (nSPS) is 12.3. The lowest BCUT2D eigenvalue weighted by molar-refractivity contribution is -0.140. The number of carbonyl (C=O) groups is 3. The number of thioether (sulfide) groups is 1. The second kappa shape index (κ2) is 16.1. The van der Waals surface area contributed by atoms with Crippen LogP contribution in [-0.2, 0) is 38.0 Å². The number of ether oxygens (including phenoxy) is 1. The van der Waals surface area contributed by atoms with Crippen molar-refractivity contribution in [1.82, 2.24) is 25.2 Å². The first-order valence-corrected chi connectivity index (χ1v) is 14.8. The van der Waals surface area contributed by atoms with Crippen molar-refractivity contribution in [3.05, 3.63) is 106 Å². The molecule has 0 aliphatic carbocycles. The highest BCUT2D eigenvalue weighted by Crippen LogP contribution is 2.15. The molecule has 0 radical (unpaired) electrons. The van der Waals surface area contributed by atoms with Gasteiger partial charge in [-0.15, -0.1) is 11.8 Å². The number of amides is 1. The highest BCUT2D eigenvalue weighted by molar-refractivity contribution is 7.99. The number of aliphatic carboxylic acids is 1. The molecule has 0 saturated heterocycles. The number of benzene rings is 2. The summed E-state index contributed by atoms with van der Waals surface area (Å²) in [6.45, 7) is 1.71. The van der Waals surface area contributed by atoms with Crippen molar-refractivity contribution in [2.45, 2.75) is 44.3 Å². The molecule has 4 aromatic rings. The van der Waals surface area contributed by atoms with Gasteiger partial charge >= 0.3 is 5.97 Å². The van der Waals surface area contributed by atoms with Gasteiger partial charge in [-0.25, -0.2) is 9.61 Å². The van der Waals surface area contributed by atoms with Crippen LogP contribution in [0.2, 0.25) is 0 Å². The molecule has 44 heavy (non-hydrogen) atoms. The van der Waals surface area contributed by atoms with Crippen LogP contribution in [0.15, 0.2) is 82.5 Å². The first kappa shape index (κ1) is 32.1. The molecule has 0 aliphatic rings. The predicted octanol–water partition coefficient (Wildman–Crippen LogP) is 2.77. The van der Waals surface area contributed by atoms with Crippen molar-refractivity contribution in [3.63, 3.8) is 0 Å². The number of rotatable bonds is 17. The van der Waals surface area contributed by atoms with Crippen LogP contribution in [-0.4, -0.2) is 61.0 Å². The summed E-state index contributed by atoms with van der Waals surface area (Å²) in [5.74, 6) is -1.98. The third-order valence-electron chi connectivity index (χ3n) is 6.50. The number of ketones is 1. The van der Waals surface area contributed by atoms with Gasteiger partial charge in [0.15, 0.2) is 11.6 Å². The van der Waals surface area contributed by atoms with E-state index in [4.69, 9.17) is 4.74 Å². The highest BCUT2D eigenvalue weighted by atomic mass is 32.2. The maximum atomic E-state index is 13.7. The Morgan fingerprint density at radius 3 is 2.41 bits per heavy atom. The number of Topliss-reactive ketones (excluding diaryl/α,β-unsaturated/α-hetero) is 1. The van der Waals surface area contributed by atoms with Crippen molar-refractivity contribution in [3.8, 4) is 0 Å². The SMILES string of the molecule is Cc1nonc1CNc1nccn(C(COCc2ccccc2)C(=O)N[C@@H](CC(=O)O)C(=O)CSCc2ccccc2)c1=O. The van der Waals surface area contributed by atoms with Crippen LogP contribution >= 0.6 is 11.8 Å². The van der Waals surface area contributed by atoms with E-state index in [2.05, 4.69) is 30.6 Å². The topological polar surface area (TPSA) is 179 Å². The fourth-order valence-electron chi connectivity index (χ4n) is 4.15. The summed E-state index contributed by atoms with van der Waals surface area (Å²) >= 11 is 1.32. The smallest absolute Gasteiger partial charge is 0.305 e. The van der Waals surface area contributed by atoms with Gasteiger partial charge in [0.05, 0.1) is 38.0 Å². The number of hydrogen-bond donors (Lipinski definition) is 3. The molecule has 230 valence electrons. The summed E-state index contributed by atoms with van der Waals surface area (Å²) in [5, 5.41) is 22.4. The first-order valence-electron chi connectivity index (χ1n) is 13.7. The Bertz CT molecular complexity index is 1600. The minimum absolute atomic E-state index is 0.0120. The maximum Gasteiger partial charge on any atom is 0.305 e. The van der Waals surface area contributed by atoms with Crippen molar-refractivity contribution in [1.29, 1.82) is 0 Å². The zero-order valence-electron chi connectivity index (χ0n) is 23.9. The van der Waals surface area contributed by atoms with Gasteiger partial charge in [0.2, 0.25) is 5.91 Å². The van der Waals surface area contributed by atoms with E-state index in [9.17, 15) is 24.3 Å². The molecule has 1 amide bonds. The predicted molar refractivity (Wildman–Crippen MR) is 162 cm³/mol. The van der Waals surface area contributed by atoms with Gasteiger partial charge in [-0.3, -0.25) is 23.7 Å². The molecule has 0 fully saturated rings. The van der Waals surface area contributed by atoms with E-state index in [1.807, 2.05) is 60.7 Å². The third kappa shape index (κ3) is 9.34. The van der Waals surface area contributed by atoms with Crippen molar-refractivity contribution in [2.24, 2.45) is 0 Å². The molecule has 0 saturated carbocycles. The lowest BCUT2D eigenvalue weighted by atomic mass is 10.1. The Hall–Kier alpha value is -4.82. The fourth-order valence-corrected chi connectivity index (χ4v) is 5.08. The van der Waals surface area contributed by atoms with E-state index in [1.165, 1.54) is 24.2 Å². The van der Waals surface area contributed by atoms with Crippen LogP contribution in [0.25, 0.3) is 0 Å². The molecular formula is C30H32N6O7S. The first-order chi connectivity index (χ1) is 21.3. The average Bonchev–Trinajstić information content (AvgIpc) is 3.43. The molecule has 0 spiro atoms. The number of carbonyl (C=O) groups excluding carboxylic acids is 2. The number of nitrogens with zero attached hydrogens (tertiary/aromatic N) is 4. The van der Waals surface area contributed by atoms with Crippen LogP contribution in [0, 0.1) is 6.92 Å². The molecule has 2 heterocycles. The quantitative estimate of drug-likeness (QED) is 0.157. The van der Waals surface area contributed by atoms with E-state index in [0.717, 1.165) is 15.7 Å². The standard InChI is InChI=1S/C30H32N6O7S/c1-20-24(35-43-34-20)15-32-28-30(41)36(13-12-31-28)25(17-42-16-21-8-4-2-5-9-21)29(40)33-23(14-27(38)39)26(37)19-44-18-22-10-6-3-7-11-22/h2-13,23,25H,14-19H2,1H3,(H,31,32)(H,33,40)(H,38,39)/t23-,25?/m0/s1. The molecular weight excluding hydrogens is 588 g/mol. The molecule has 2 atom stereocenters. The van der Waals surface area contributed by atoms with Crippen LogP contribution in [0.1, 0.15) is 35.0 Å². The maximum absolute atomic E-state index is 13.7. The van der Waals surface area contributed by atoms with E-state index in [1.54, 1.807) is 6.92 Å². The van der Waals surface area contributed by atoms with Gasteiger partial charge in [0.25, 0.3) is 5.56 Å². The average molecular weight is 621 g/mol. The molecule has 3 N–H and O–H groups in total. The van der Waals surface area contributed by atoms with Crippen LogP contribution in [0.4, 0.5) is 5.82 Å². The Kier molecular flexibility index (Phi) is 11.8. The number of hydrogen-bond acceptors (Lipinski definition) is 11. The number of carboxylic acids is 1. The van der Waals surface area contributed by atoms with Crippen LogP contribution < -0.4 is 16.2 Å². The second-order valence-electron chi connectivity index (χ2n) is 9.76. The Morgan fingerprint density at radius 2 is 1.75 bits per heavy atom. The second-order valence-corrected chi connectivity index (χ2v) is 10.7. The van der Waals surface area contributed by atoms with Gasteiger partial charge in [0, 0.05) is 18.1 Å². The van der Waals surface area contributed by atoms with E-state index in [0.29, 0.717) is 17.1 Å². The van der Waals surface area contributed by atoms with Gasteiger partial charge in [-0.2, -0.15) is 0 Å². The number of carboxylic acid groups (broad SMARTS) is 1. The summed E-state index contributed by atoms with van der Waals surface area (Å²) in [5.41, 5.74) is 2.24. The molecule has 2 aromatic carbocycles. The van der Waals surface area contributed by atoms with E-state index < -0.39 is 41.7 Å². The summed E-state index contributed by atoms with van der Waals surface area (Å²) < 4.78 is 11.6. The van der Waals surface area contributed by atoms with Gasteiger partial charge in [-0.05, 0) is 18.1 Å². The Morgan fingerprint density at radius 1 is 1.05 bits per heavy atom. The number of anilines is 1. The number of aromatic nitrogens is 4. The minimum atomic E-state index is -1.31.